The molecule has 2 aromatic rings. The van der Waals surface area contributed by atoms with Crippen molar-refractivity contribution in [3.63, 3.8) is 0 Å². The summed E-state index contributed by atoms with van der Waals surface area (Å²) in [4.78, 5) is 13.4. The third-order valence-electron chi connectivity index (χ3n) is 2.42. The van der Waals surface area contributed by atoms with E-state index in [9.17, 15) is 4.79 Å². The summed E-state index contributed by atoms with van der Waals surface area (Å²) in [6, 6.07) is 9.28. The summed E-state index contributed by atoms with van der Waals surface area (Å²) in [5, 5.41) is 1.89. The minimum Gasteiger partial charge on any atom is -0.493 e. The largest absolute Gasteiger partial charge is 0.493 e. The average Bonchev–Trinajstić information content (AvgIpc) is 2.76. The van der Waals surface area contributed by atoms with Crippen LogP contribution in [0.15, 0.2) is 35.7 Å². The molecule has 0 N–H and O–H groups in total. The quantitative estimate of drug-likeness (QED) is 0.769. The Morgan fingerprint density at radius 3 is 2.76 bits per heavy atom. The van der Waals surface area contributed by atoms with E-state index in [0.717, 1.165) is 10.4 Å². The van der Waals surface area contributed by atoms with Crippen molar-refractivity contribution in [1.29, 1.82) is 0 Å². The van der Waals surface area contributed by atoms with Crippen molar-refractivity contribution >= 4 is 17.1 Å². The lowest BCUT2D eigenvalue weighted by Crippen LogP contribution is -2.04. The Labute approximate surface area is 105 Å². The van der Waals surface area contributed by atoms with Crippen LogP contribution in [0.3, 0.4) is 0 Å². The summed E-state index contributed by atoms with van der Waals surface area (Å²) in [7, 11) is 0. The number of hydrogen-bond acceptors (Lipinski definition) is 3. The molecule has 0 fully saturated rings. The number of para-hydroxylation sites is 1. The molecule has 0 spiro atoms. The molecule has 0 aliphatic carbocycles. The fraction of sp³-hybridized carbons (Fsp3) is 0.214. The van der Waals surface area contributed by atoms with Gasteiger partial charge in [0.15, 0.2) is 5.78 Å². The number of ketones is 1. The monoisotopic (exact) mass is 246 g/mol. The van der Waals surface area contributed by atoms with Crippen LogP contribution in [0.1, 0.15) is 27.7 Å². The van der Waals surface area contributed by atoms with Gasteiger partial charge in [0.05, 0.1) is 12.2 Å². The van der Waals surface area contributed by atoms with Gasteiger partial charge in [-0.2, -0.15) is 0 Å². The minimum absolute atomic E-state index is 0.0263. The average molecular weight is 246 g/mol. The van der Waals surface area contributed by atoms with Crippen LogP contribution >= 0.6 is 11.3 Å². The van der Waals surface area contributed by atoms with Gasteiger partial charge in [0.25, 0.3) is 0 Å². The first-order valence-electron chi connectivity index (χ1n) is 5.54. The molecule has 0 unspecified atom stereocenters. The molecule has 1 aromatic carbocycles. The molecule has 1 aromatic heterocycles. The standard InChI is InChI=1S/C14H14O2S/c1-3-16-13-7-5-4-6-12(13)14(15)11-8-10(2)17-9-11/h4-9H,3H2,1-2H3. The van der Waals surface area contributed by atoms with Crippen molar-refractivity contribution in [3.05, 3.63) is 51.7 Å². The van der Waals surface area contributed by atoms with E-state index in [0.29, 0.717) is 17.9 Å². The van der Waals surface area contributed by atoms with Crippen molar-refractivity contribution in [2.75, 3.05) is 6.61 Å². The SMILES string of the molecule is CCOc1ccccc1C(=O)c1csc(C)c1. The van der Waals surface area contributed by atoms with Gasteiger partial charge in [-0.05, 0) is 32.0 Å². The first-order valence-corrected chi connectivity index (χ1v) is 6.42. The molecule has 0 bridgehead atoms. The summed E-state index contributed by atoms with van der Waals surface area (Å²) < 4.78 is 5.47. The van der Waals surface area contributed by atoms with E-state index < -0.39 is 0 Å². The maximum absolute atomic E-state index is 12.3. The maximum atomic E-state index is 12.3. The van der Waals surface area contributed by atoms with E-state index in [4.69, 9.17) is 4.74 Å². The van der Waals surface area contributed by atoms with Crippen LogP contribution in [-0.2, 0) is 0 Å². The highest BCUT2D eigenvalue weighted by atomic mass is 32.1. The van der Waals surface area contributed by atoms with Gasteiger partial charge in [0.1, 0.15) is 5.75 Å². The molecule has 88 valence electrons. The van der Waals surface area contributed by atoms with Gasteiger partial charge in [0, 0.05) is 15.8 Å². The highest BCUT2D eigenvalue weighted by molar-refractivity contribution is 7.10. The summed E-state index contributed by atoms with van der Waals surface area (Å²) >= 11 is 1.58. The molecular weight excluding hydrogens is 232 g/mol. The Morgan fingerprint density at radius 1 is 1.35 bits per heavy atom. The molecule has 0 amide bonds. The number of thiophene rings is 1. The molecule has 2 nitrogen and oxygen atoms in total. The van der Waals surface area contributed by atoms with Crippen LogP contribution in [0.2, 0.25) is 0 Å². The first-order chi connectivity index (χ1) is 8.22. The Balaban J connectivity index is 2.36. The lowest BCUT2D eigenvalue weighted by atomic mass is 10.0. The summed E-state index contributed by atoms with van der Waals surface area (Å²) in [6.45, 7) is 4.47. The zero-order valence-corrected chi connectivity index (χ0v) is 10.7. The van der Waals surface area contributed by atoms with Gasteiger partial charge >= 0.3 is 0 Å². The first kappa shape index (κ1) is 11.9. The van der Waals surface area contributed by atoms with Crippen molar-refractivity contribution in [2.24, 2.45) is 0 Å². The highest BCUT2D eigenvalue weighted by Crippen LogP contribution is 2.23. The van der Waals surface area contributed by atoms with E-state index in [2.05, 4.69) is 0 Å². The molecule has 0 atom stereocenters. The van der Waals surface area contributed by atoms with Crippen LogP contribution in [-0.4, -0.2) is 12.4 Å². The molecule has 2 rings (SSSR count). The van der Waals surface area contributed by atoms with Crippen molar-refractivity contribution in [1.82, 2.24) is 0 Å². The Hall–Kier alpha value is -1.61. The van der Waals surface area contributed by atoms with E-state index >= 15 is 0 Å². The summed E-state index contributed by atoms with van der Waals surface area (Å²) in [5.74, 6) is 0.683. The highest BCUT2D eigenvalue weighted by Gasteiger charge is 2.14. The predicted octanol–water partition coefficient (Wildman–Crippen LogP) is 3.69. The predicted molar refractivity (Wildman–Crippen MR) is 70.1 cm³/mol. The zero-order valence-electron chi connectivity index (χ0n) is 9.90. The molecule has 3 heteroatoms. The van der Waals surface area contributed by atoms with Gasteiger partial charge in [-0.25, -0.2) is 0 Å². The normalized spacial score (nSPS) is 10.2. The molecular formula is C14H14O2S. The molecule has 0 radical (unpaired) electrons. The zero-order chi connectivity index (χ0) is 12.3. The number of ether oxygens (including phenoxy) is 1. The lowest BCUT2D eigenvalue weighted by molar-refractivity contribution is 0.103. The molecule has 0 saturated heterocycles. The lowest BCUT2D eigenvalue weighted by Gasteiger charge is -2.07. The summed E-state index contributed by atoms with van der Waals surface area (Å²) in [6.07, 6.45) is 0. The number of hydrogen-bond donors (Lipinski definition) is 0. The molecule has 1 heterocycles. The molecule has 0 aliphatic rings. The van der Waals surface area contributed by atoms with Gasteiger partial charge in [-0.1, -0.05) is 12.1 Å². The number of benzene rings is 1. The third kappa shape index (κ3) is 2.56. The molecule has 0 saturated carbocycles. The second kappa shape index (κ2) is 5.15. The minimum atomic E-state index is 0.0263. The van der Waals surface area contributed by atoms with E-state index in [1.165, 1.54) is 0 Å². The van der Waals surface area contributed by atoms with Gasteiger partial charge in [0.2, 0.25) is 0 Å². The second-order valence-corrected chi connectivity index (χ2v) is 4.82. The van der Waals surface area contributed by atoms with Crippen molar-refractivity contribution < 1.29 is 9.53 Å². The van der Waals surface area contributed by atoms with E-state index in [1.54, 1.807) is 17.4 Å². The van der Waals surface area contributed by atoms with Crippen LogP contribution < -0.4 is 4.74 Å². The maximum Gasteiger partial charge on any atom is 0.197 e. The third-order valence-corrected chi connectivity index (χ3v) is 3.29. The molecule has 17 heavy (non-hydrogen) atoms. The van der Waals surface area contributed by atoms with Crippen LogP contribution in [0, 0.1) is 6.92 Å². The number of carbonyl (C=O) groups excluding carboxylic acids is 1. The fourth-order valence-corrected chi connectivity index (χ4v) is 2.34. The van der Waals surface area contributed by atoms with E-state index in [1.807, 2.05) is 43.5 Å². The van der Waals surface area contributed by atoms with Crippen LogP contribution in [0.25, 0.3) is 0 Å². The smallest absolute Gasteiger partial charge is 0.197 e. The molecule has 0 aliphatic heterocycles. The summed E-state index contributed by atoms with van der Waals surface area (Å²) in [5.41, 5.74) is 1.37. The Kier molecular flexibility index (Phi) is 3.59. The topological polar surface area (TPSA) is 26.3 Å². The number of carbonyl (C=O) groups is 1. The van der Waals surface area contributed by atoms with Crippen molar-refractivity contribution in [3.8, 4) is 5.75 Å². The van der Waals surface area contributed by atoms with Gasteiger partial charge in [-0.3, -0.25) is 4.79 Å². The fourth-order valence-electron chi connectivity index (χ4n) is 1.65. The Morgan fingerprint density at radius 2 is 2.12 bits per heavy atom. The number of aryl methyl sites for hydroxylation is 1. The van der Waals surface area contributed by atoms with Crippen LogP contribution in [0.4, 0.5) is 0 Å². The van der Waals surface area contributed by atoms with E-state index in [-0.39, 0.29) is 5.78 Å². The van der Waals surface area contributed by atoms with Gasteiger partial charge < -0.3 is 4.74 Å². The van der Waals surface area contributed by atoms with Crippen molar-refractivity contribution in [2.45, 2.75) is 13.8 Å². The second-order valence-electron chi connectivity index (χ2n) is 3.70. The van der Waals surface area contributed by atoms with Crippen LogP contribution in [0.5, 0.6) is 5.75 Å². The van der Waals surface area contributed by atoms with Gasteiger partial charge in [-0.15, -0.1) is 11.3 Å². The number of rotatable bonds is 4. The Bertz CT molecular complexity index is 529.